The van der Waals surface area contributed by atoms with Gasteiger partial charge in [-0.15, -0.1) is 0 Å². The van der Waals surface area contributed by atoms with Gasteiger partial charge >= 0.3 is 0 Å². The molecule has 2 rings (SSSR count). The third-order valence-electron chi connectivity index (χ3n) is 3.46. The van der Waals surface area contributed by atoms with E-state index in [0.29, 0.717) is 34.7 Å². The largest absolute Gasteiger partial charge is 0.394 e. The first-order valence-electron chi connectivity index (χ1n) is 7.60. The molecule has 2 aromatic rings. The molecule has 2 heterocycles. The highest BCUT2D eigenvalue weighted by Gasteiger charge is 2.25. The van der Waals surface area contributed by atoms with Crippen LogP contribution in [0.3, 0.4) is 0 Å². The summed E-state index contributed by atoms with van der Waals surface area (Å²) in [4.78, 5) is 16.3. The highest BCUT2D eigenvalue weighted by atomic mass is 15.5. The Kier molecular flexibility index (Phi) is 5.09. The van der Waals surface area contributed by atoms with E-state index in [2.05, 4.69) is 25.0 Å². The summed E-state index contributed by atoms with van der Waals surface area (Å²) in [6, 6.07) is 0. The number of rotatable bonds is 4. The topological polar surface area (TPSA) is 177 Å². The number of nitrogens with two attached hydrogens (primary N) is 4. The van der Waals surface area contributed by atoms with Crippen LogP contribution in [0.2, 0.25) is 0 Å². The average molecular weight is 347 g/mol. The molecule has 11 nitrogen and oxygen atoms in total. The summed E-state index contributed by atoms with van der Waals surface area (Å²) >= 11 is 0. The molecule has 0 radical (unpaired) electrons. The van der Waals surface area contributed by atoms with Crippen LogP contribution in [0.15, 0.2) is 17.5 Å². The monoisotopic (exact) mass is 347 g/mol. The maximum atomic E-state index is 6.26. The number of aromatic nitrogens is 4. The number of imidazole rings is 1. The van der Waals surface area contributed by atoms with Gasteiger partial charge in [-0.05, 0) is 0 Å². The minimum Gasteiger partial charge on any atom is -0.394 e. The van der Waals surface area contributed by atoms with Crippen LogP contribution in [0.25, 0.3) is 11.5 Å². The molecule has 0 spiro atoms. The van der Waals surface area contributed by atoms with Gasteiger partial charge in [-0.25, -0.2) is 26.6 Å². The Morgan fingerprint density at radius 2 is 1.96 bits per heavy atom. The molecular weight excluding hydrogens is 322 g/mol. The molecule has 9 N–H and O–H groups in total. The molecule has 0 fully saturated rings. The predicted octanol–water partition coefficient (Wildman–Crippen LogP) is -0.496. The highest BCUT2D eigenvalue weighted by molar-refractivity contribution is 5.87. The summed E-state index contributed by atoms with van der Waals surface area (Å²) in [5.41, 5.74) is 6.71. The first kappa shape index (κ1) is 18.4. The highest BCUT2D eigenvalue weighted by Crippen LogP contribution is 2.31. The summed E-state index contributed by atoms with van der Waals surface area (Å²) in [5, 5.41) is 6.22. The lowest BCUT2D eigenvalue weighted by Crippen LogP contribution is -2.46. The van der Waals surface area contributed by atoms with Crippen molar-refractivity contribution in [2.24, 2.45) is 22.6 Å². The number of hydrogen-bond acceptors (Lipinski definition) is 9. The fraction of sp³-hybridized carbons (Fsp3) is 0.429. The molecule has 136 valence electrons. The van der Waals surface area contributed by atoms with Gasteiger partial charge in [-0.2, -0.15) is 5.10 Å². The molecule has 2 aromatic heterocycles. The third-order valence-corrected chi connectivity index (χ3v) is 3.46. The maximum Gasteiger partial charge on any atom is 0.170 e. The predicted molar refractivity (Wildman–Crippen MR) is 97.8 cm³/mol. The molecule has 0 saturated heterocycles. The number of aromatic amines is 1. The summed E-state index contributed by atoms with van der Waals surface area (Å²) in [5.74, 6) is 19.0. The number of hydrogen-bond donors (Lipinski definition) is 5. The quantitative estimate of drug-likeness (QED) is 0.211. The molecule has 0 aromatic carbocycles. The van der Waals surface area contributed by atoms with Crippen molar-refractivity contribution >= 4 is 17.3 Å². The van der Waals surface area contributed by atoms with Crippen molar-refractivity contribution in [1.82, 2.24) is 24.9 Å². The lowest BCUT2D eigenvalue weighted by atomic mass is 9.95. The standard InChI is InChI=1S/C14H25N11/c1-14(2,3)13-21-10(11-19-5-6-20-11)9(15)12(22-13)25(18)7-8(23-16)24(4)17/h5-6H,7,15-18H2,1-4H3,(H,19,20)/b23-8-. The van der Waals surface area contributed by atoms with Crippen molar-refractivity contribution in [1.29, 1.82) is 0 Å². The van der Waals surface area contributed by atoms with Crippen molar-refractivity contribution in [3.05, 3.63) is 18.2 Å². The molecule has 0 saturated carbocycles. The van der Waals surface area contributed by atoms with Crippen LogP contribution in [0.4, 0.5) is 11.5 Å². The number of amidine groups is 1. The minimum absolute atomic E-state index is 0.117. The Bertz CT molecular complexity index is 743. The molecule has 0 aliphatic carbocycles. The summed E-state index contributed by atoms with van der Waals surface area (Å²) < 4.78 is 0. The van der Waals surface area contributed by atoms with Gasteiger partial charge in [0.05, 0.1) is 6.54 Å². The van der Waals surface area contributed by atoms with E-state index in [9.17, 15) is 0 Å². The van der Waals surface area contributed by atoms with Gasteiger partial charge < -0.3 is 16.6 Å². The van der Waals surface area contributed by atoms with E-state index in [0.717, 1.165) is 0 Å². The van der Waals surface area contributed by atoms with E-state index in [1.54, 1.807) is 19.4 Å². The van der Waals surface area contributed by atoms with E-state index in [1.807, 2.05) is 20.8 Å². The van der Waals surface area contributed by atoms with Crippen LogP contribution in [0.5, 0.6) is 0 Å². The number of likely N-dealkylation sites (N-methyl/N-ethyl adjacent to an activating group) is 1. The van der Waals surface area contributed by atoms with Gasteiger partial charge in [-0.1, -0.05) is 20.8 Å². The first-order chi connectivity index (χ1) is 11.6. The molecule has 11 heteroatoms. The van der Waals surface area contributed by atoms with Gasteiger partial charge in [0, 0.05) is 24.9 Å². The lowest BCUT2D eigenvalue weighted by Gasteiger charge is -2.26. The summed E-state index contributed by atoms with van der Waals surface area (Å²) in [7, 11) is 1.61. The second-order valence-electron chi connectivity index (χ2n) is 6.61. The molecule has 0 amide bonds. The summed E-state index contributed by atoms with van der Waals surface area (Å²) in [6.07, 6.45) is 3.31. The van der Waals surface area contributed by atoms with Crippen LogP contribution in [0.1, 0.15) is 26.6 Å². The van der Waals surface area contributed by atoms with Crippen molar-refractivity contribution in [3.8, 4) is 11.5 Å². The lowest BCUT2D eigenvalue weighted by molar-refractivity contribution is 0.524. The van der Waals surface area contributed by atoms with Gasteiger partial charge in [-0.3, -0.25) is 10.0 Å². The fourth-order valence-electron chi connectivity index (χ4n) is 2.06. The zero-order valence-corrected chi connectivity index (χ0v) is 14.9. The Balaban J connectivity index is 2.55. The second-order valence-corrected chi connectivity index (χ2v) is 6.61. The van der Waals surface area contributed by atoms with Crippen LogP contribution in [-0.4, -0.2) is 44.4 Å². The number of anilines is 2. The number of hydrazine groups is 2. The number of H-pyrrole nitrogens is 1. The van der Waals surface area contributed by atoms with Crippen molar-refractivity contribution in [2.75, 3.05) is 24.3 Å². The molecule has 25 heavy (non-hydrogen) atoms. The SMILES string of the molecule is CN(N)/C(CN(N)c1nc(C(C)(C)C)nc(-c2ncc[nH]2)c1N)=N\N. The Morgan fingerprint density at radius 3 is 2.44 bits per heavy atom. The van der Waals surface area contributed by atoms with E-state index >= 15 is 0 Å². The Hall–Kier alpha value is -2.92. The summed E-state index contributed by atoms with van der Waals surface area (Å²) in [6.45, 7) is 6.10. The van der Waals surface area contributed by atoms with Gasteiger partial charge in [0.1, 0.15) is 17.2 Å². The molecule has 0 aliphatic rings. The van der Waals surface area contributed by atoms with Crippen LogP contribution in [0, 0.1) is 0 Å². The van der Waals surface area contributed by atoms with E-state index < -0.39 is 0 Å². The van der Waals surface area contributed by atoms with Crippen LogP contribution >= 0.6 is 0 Å². The molecule has 0 aliphatic heterocycles. The third kappa shape index (κ3) is 3.95. The molecule has 0 atom stereocenters. The van der Waals surface area contributed by atoms with E-state index in [-0.39, 0.29) is 12.0 Å². The maximum absolute atomic E-state index is 6.26. The number of nitrogen functional groups attached to an aromatic ring is 1. The van der Waals surface area contributed by atoms with E-state index in [1.165, 1.54) is 10.0 Å². The smallest absolute Gasteiger partial charge is 0.170 e. The number of hydrazone groups is 1. The van der Waals surface area contributed by atoms with Gasteiger partial charge in [0.2, 0.25) is 0 Å². The Labute approximate surface area is 146 Å². The average Bonchev–Trinajstić information content (AvgIpc) is 3.05. The van der Waals surface area contributed by atoms with Crippen LogP contribution in [-0.2, 0) is 5.41 Å². The zero-order chi connectivity index (χ0) is 18.8. The van der Waals surface area contributed by atoms with E-state index in [4.69, 9.17) is 23.3 Å². The molecule has 0 bridgehead atoms. The van der Waals surface area contributed by atoms with Crippen LogP contribution < -0.4 is 28.3 Å². The first-order valence-corrected chi connectivity index (χ1v) is 7.60. The minimum atomic E-state index is -0.319. The number of nitrogens with zero attached hydrogens (tertiary/aromatic N) is 6. The van der Waals surface area contributed by atoms with Crippen molar-refractivity contribution < 1.29 is 0 Å². The zero-order valence-electron chi connectivity index (χ0n) is 14.9. The fourth-order valence-corrected chi connectivity index (χ4v) is 2.06. The Morgan fingerprint density at radius 1 is 1.28 bits per heavy atom. The molecular formula is C14H25N11. The molecule has 0 unspecified atom stereocenters. The normalized spacial score (nSPS) is 12.3. The van der Waals surface area contributed by atoms with Crippen molar-refractivity contribution in [2.45, 2.75) is 26.2 Å². The van der Waals surface area contributed by atoms with Crippen molar-refractivity contribution in [3.63, 3.8) is 0 Å². The van der Waals surface area contributed by atoms with Gasteiger partial charge in [0.25, 0.3) is 0 Å². The van der Waals surface area contributed by atoms with Gasteiger partial charge in [0.15, 0.2) is 17.5 Å². The second kappa shape index (κ2) is 6.91. The number of nitrogens with one attached hydrogen (secondary N) is 1.